The van der Waals surface area contributed by atoms with Crippen LogP contribution in [0.3, 0.4) is 0 Å². The van der Waals surface area contributed by atoms with Gasteiger partial charge in [-0.2, -0.15) is 0 Å². The largest absolute Gasteiger partial charge is 0.507 e. The van der Waals surface area contributed by atoms with E-state index in [4.69, 9.17) is 0 Å². The van der Waals surface area contributed by atoms with E-state index in [2.05, 4.69) is 14.9 Å². The third kappa shape index (κ3) is 3.22. The number of nitrogens with one attached hydrogen (secondary N) is 1. The minimum absolute atomic E-state index is 0.0388. The summed E-state index contributed by atoms with van der Waals surface area (Å²) < 4.78 is 0. The first-order valence-electron chi connectivity index (χ1n) is 8.38. The molecule has 2 aromatic rings. The van der Waals surface area contributed by atoms with Crippen LogP contribution in [0.25, 0.3) is 0 Å². The van der Waals surface area contributed by atoms with Crippen LogP contribution in [-0.4, -0.2) is 26.5 Å². The number of para-hydroxylation sites is 1. The van der Waals surface area contributed by atoms with E-state index >= 15 is 0 Å². The molecule has 0 fully saturated rings. The Bertz CT molecular complexity index is 818. The van der Waals surface area contributed by atoms with E-state index in [0.29, 0.717) is 18.8 Å². The van der Waals surface area contributed by atoms with Crippen molar-refractivity contribution in [3.05, 3.63) is 56.8 Å². The number of phenolic OH excluding ortho intramolecular Hbond substituents is 1. The Hall–Kier alpha value is -2.14. The molecular weight excluding hydrogens is 302 g/mol. The highest BCUT2D eigenvalue weighted by molar-refractivity contribution is 5.39. The van der Waals surface area contributed by atoms with Crippen molar-refractivity contribution in [2.75, 3.05) is 6.54 Å². The number of hydrogen-bond acceptors (Lipinski definition) is 4. The number of nitrogens with zero attached hydrogens (tertiary/aromatic N) is 2. The Morgan fingerprint density at radius 2 is 2.08 bits per heavy atom. The van der Waals surface area contributed by atoms with Crippen LogP contribution in [0.15, 0.2) is 23.0 Å². The maximum absolute atomic E-state index is 12.5. The normalized spacial score (nSPS) is 15.3. The first-order valence-corrected chi connectivity index (χ1v) is 8.38. The van der Waals surface area contributed by atoms with Gasteiger partial charge in [-0.25, -0.2) is 4.98 Å². The van der Waals surface area contributed by atoms with Gasteiger partial charge in [-0.15, -0.1) is 0 Å². The number of H-pyrrole nitrogens is 1. The molecular formula is C19H25N3O2. The Morgan fingerprint density at radius 1 is 1.33 bits per heavy atom. The molecule has 0 saturated heterocycles. The summed E-state index contributed by atoms with van der Waals surface area (Å²) in [6.07, 6.45) is 0.759. The van der Waals surface area contributed by atoms with Gasteiger partial charge < -0.3 is 10.1 Å². The van der Waals surface area contributed by atoms with Gasteiger partial charge in [0, 0.05) is 37.0 Å². The monoisotopic (exact) mass is 327 g/mol. The zero-order valence-corrected chi connectivity index (χ0v) is 14.8. The number of benzene rings is 1. The maximum Gasteiger partial charge on any atom is 0.255 e. The van der Waals surface area contributed by atoms with Crippen molar-refractivity contribution in [1.82, 2.24) is 14.9 Å². The molecule has 2 heterocycles. The third-order valence-corrected chi connectivity index (χ3v) is 4.57. The van der Waals surface area contributed by atoms with Gasteiger partial charge in [0.25, 0.3) is 5.56 Å². The topological polar surface area (TPSA) is 69.2 Å². The van der Waals surface area contributed by atoms with Gasteiger partial charge >= 0.3 is 0 Å². The molecule has 0 radical (unpaired) electrons. The predicted octanol–water partition coefficient (Wildman–Crippen LogP) is 2.64. The Kier molecular flexibility index (Phi) is 4.22. The Morgan fingerprint density at radius 3 is 2.79 bits per heavy atom. The molecule has 0 atom stereocenters. The van der Waals surface area contributed by atoms with Crippen LogP contribution >= 0.6 is 0 Å². The third-order valence-electron chi connectivity index (χ3n) is 4.57. The summed E-state index contributed by atoms with van der Waals surface area (Å²) in [5, 5.41) is 10.2. The van der Waals surface area contributed by atoms with Gasteiger partial charge in [-0.1, -0.05) is 39.0 Å². The molecule has 3 rings (SSSR count). The fourth-order valence-corrected chi connectivity index (χ4v) is 3.06. The molecule has 5 nitrogen and oxygen atoms in total. The average molecular weight is 327 g/mol. The van der Waals surface area contributed by atoms with Gasteiger partial charge in [-0.3, -0.25) is 9.69 Å². The van der Waals surface area contributed by atoms with Crippen LogP contribution in [0.4, 0.5) is 0 Å². The number of rotatable bonds is 2. The van der Waals surface area contributed by atoms with Crippen molar-refractivity contribution in [3.8, 4) is 5.75 Å². The van der Waals surface area contributed by atoms with Gasteiger partial charge in [0.15, 0.2) is 0 Å². The van der Waals surface area contributed by atoms with Crippen LogP contribution in [-0.2, 0) is 24.9 Å². The van der Waals surface area contributed by atoms with Crippen molar-refractivity contribution in [2.45, 2.75) is 52.6 Å². The van der Waals surface area contributed by atoms with E-state index in [1.165, 1.54) is 0 Å². The first kappa shape index (κ1) is 16.7. The number of fused-ring (bicyclic) bond motifs is 1. The molecule has 1 aliphatic rings. The fraction of sp³-hybridized carbons (Fsp3) is 0.474. The van der Waals surface area contributed by atoms with E-state index in [0.717, 1.165) is 41.2 Å². The van der Waals surface area contributed by atoms with Crippen molar-refractivity contribution >= 4 is 0 Å². The van der Waals surface area contributed by atoms with Crippen LogP contribution in [0.5, 0.6) is 5.75 Å². The van der Waals surface area contributed by atoms with Gasteiger partial charge in [-0.05, 0) is 12.5 Å². The minimum atomic E-state index is -0.168. The number of aryl methyl sites for hydroxylation is 1. The molecule has 0 saturated carbocycles. The molecule has 1 aromatic heterocycles. The lowest BCUT2D eigenvalue weighted by Crippen LogP contribution is -2.37. The molecule has 128 valence electrons. The summed E-state index contributed by atoms with van der Waals surface area (Å²) in [7, 11) is 0. The highest BCUT2D eigenvalue weighted by Crippen LogP contribution is 2.25. The van der Waals surface area contributed by atoms with Gasteiger partial charge in [0.05, 0.1) is 11.3 Å². The van der Waals surface area contributed by atoms with Gasteiger partial charge in [0.2, 0.25) is 0 Å². The van der Waals surface area contributed by atoms with Crippen molar-refractivity contribution in [3.63, 3.8) is 0 Å². The molecule has 0 spiro atoms. The molecule has 5 heteroatoms. The molecule has 0 unspecified atom stereocenters. The highest BCUT2D eigenvalue weighted by atomic mass is 16.3. The standard InChI is InChI=1S/C19H25N3O2/c1-12-6-5-7-13(16(12)23)10-22-9-8-15-14(11-22)17(24)21-18(20-15)19(2,3)4/h5-7,23H,8-11H2,1-4H3,(H,20,21,24). The SMILES string of the molecule is Cc1cccc(CN2CCc3nc(C(C)(C)C)[nH]c(=O)c3C2)c1O. The zero-order chi connectivity index (χ0) is 17.5. The summed E-state index contributed by atoms with van der Waals surface area (Å²) in [6, 6.07) is 5.78. The second kappa shape index (κ2) is 6.06. The number of aromatic amines is 1. The maximum atomic E-state index is 12.5. The summed E-state index contributed by atoms with van der Waals surface area (Å²) in [4.78, 5) is 22.3. The minimum Gasteiger partial charge on any atom is -0.507 e. The summed E-state index contributed by atoms with van der Waals surface area (Å²) in [6.45, 7) is 10.1. The van der Waals surface area contributed by atoms with Crippen molar-refractivity contribution in [1.29, 1.82) is 0 Å². The molecule has 0 bridgehead atoms. The zero-order valence-electron chi connectivity index (χ0n) is 14.8. The Labute approximate surface area is 142 Å². The van der Waals surface area contributed by atoms with Crippen molar-refractivity contribution < 1.29 is 5.11 Å². The average Bonchev–Trinajstić information content (AvgIpc) is 2.51. The van der Waals surface area contributed by atoms with E-state index in [1.807, 2.05) is 45.9 Å². The first-order chi connectivity index (χ1) is 11.3. The number of aromatic hydroxyl groups is 1. The summed E-state index contributed by atoms with van der Waals surface area (Å²) >= 11 is 0. The fourth-order valence-electron chi connectivity index (χ4n) is 3.06. The molecule has 1 aliphatic heterocycles. The highest BCUT2D eigenvalue weighted by Gasteiger charge is 2.25. The summed E-state index contributed by atoms with van der Waals surface area (Å²) in [5.41, 5.74) is 3.23. The van der Waals surface area contributed by atoms with E-state index in [-0.39, 0.29) is 11.0 Å². The molecule has 0 aliphatic carbocycles. The number of phenols is 1. The lowest BCUT2D eigenvalue weighted by molar-refractivity contribution is 0.238. The lowest BCUT2D eigenvalue weighted by atomic mass is 9.95. The summed E-state index contributed by atoms with van der Waals surface area (Å²) in [5.74, 6) is 1.09. The van der Waals surface area contributed by atoms with Gasteiger partial charge in [0.1, 0.15) is 11.6 Å². The van der Waals surface area contributed by atoms with Crippen molar-refractivity contribution in [2.24, 2.45) is 0 Å². The second-order valence-electron chi connectivity index (χ2n) is 7.63. The quantitative estimate of drug-likeness (QED) is 0.890. The predicted molar refractivity (Wildman–Crippen MR) is 94.2 cm³/mol. The molecule has 2 N–H and O–H groups in total. The molecule has 24 heavy (non-hydrogen) atoms. The van der Waals surface area contributed by atoms with E-state index < -0.39 is 0 Å². The molecule has 1 aromatic carbocycles. The van der Waals surface area contributed by atoms with Crippen LogP contribution in [0.2, 0.25) is 0 Å². The lowest BCUT2D eigenvalue weighted by Gasteiger charge is -2.29. The van der Waals surface area contributed by atoms with E-state index in [1.54, 1.807) is 0 Å². The molecule has 0 amide bonds. The van der Waals surface area contributed by atoms with Crippen LogP contribution < -0.4 is 5.56 Å². The van der Waals surface area contributed by atoms with E-state index in [9.17, 15) is 9.90 Å². The number of aromatic nitrogens is 2. The Balaban J connectivity index is 1.85. The smallest absolute Gasteiger partial charge is 0.255 e. The number of hydrogen-bond donors (Lipinski definition) is 2. The second-order valence-corrected chi connectivity index (χ2v) is 7.63. The van der Waals surface area contributed by atoms with Crippen LogP contribution in [0.1, 0.15) is 49.0 Å². The van der Waals surface area contributed by atoms with Crippen LogP contribution in [0, 0.1) is 6.92 Å².